The Hall–Kier alpha value is -1.07. The maximum absolute atomic E-state index is 14.0. The predicted octanol–water partition coefficient (Wildman–Crippen LogP) is 3.10. The van der Waals surface area contributed by atoms with Crippen molar-refractivity contribution in [3.63, 3.8) is 0 Å². The summed E-state index contributed by atoms with van der Waals surface area (Å²) in [5.74, 6) is -2.13. The molecule has 20 heavy (non-hydrogen) atoms. The standard InChI is InChI=1S/C15H21F3N2/c1-10(2)7-14(20-5-3-19-4-6-20)15-12(17)8-11(16)9-13(15)18/h8-10,14,19H,3-7H2,1-2H3/t14-/m1/s1. The molecule has 2 nitrogen and oxygen atoms in total. The summed E-state index contributed by atoms with van der Waals surface area (Å²) in [6, 6.07) is 1.21. The Morgan fingerprint density at radius 2 is 1.65 bits per heavy atom. The Balaban J connectivity index is 2.35. The van der Waals surface area contributed by atoms with Crippen molar-refractivity contribution in [1.82, 2.24) is 10.2 Å². The van der Waals surface area contributed by atoms with Crippen LogP contribution in [0.15, 0.2) is 12.1 Å². The molecule has 1 atom stereocenters. The van der Waals surface area contributed by atoms with Crippen molar-refractivity contribution < 1.29 is 13.2 Å². The van der Waals surface area contributed by atoms with E-state index in [9.17, 15) is 13.2 Å². The monoisotopic (exact) mass is 286 g/mol. The quantitative estimate of drug-likeness (QED) is 0.915. The van der Waals surface area contributed by atoms with Gasteiger partial charge in [-0.2, -0.15) is 0 Å². The number of rotatable bonds is 4. The summed E-state index contributed by atoms with van der Waals surface area (Å²) >= 11 is 0. The Bertz CT molecular complexity index is 433. The second kappa shape index (κ2) is 6.59. The molecule has 1 N–H and O–H groups in total. The summed E-state index contributed by atoms with van der Waals surface area (Å²) in [4.78, 5) is 2.08. The maximum atomic E-state index is 14.0. The van der Waals surface area contributed by atoms with E-state index < -0.39 is 17.5 Å². The lowest BCUT2D eigenvalue weighted by Gasteiger charge is -2.36. The number of nitrogens with zero attached hydrogens (tertiary/aromatic N) is 1. The number of halogens is 3. The van der Waals surface area contributed by atoms with Crippen LogP contribution in [-0.4, -0.2) is 31.1 Å². The third-order valence-electron chi connectivity index (χ3n) is 3.66. The van der Waals surface area contributed by atoms with Crippen LogP contribution in [0.2, 0.25) is 0 Å². The third kappa shape index (κ3) is 3.52. The molecule has 1 heterocycles. The fraction of sp³-hybridized carbons (Fsp3) is 0.600. The van der Waals surface area contributed by atoms with Gasteiger partial charge in [-0.15, -0.1) is 0 Å². The molecule has 0 amide bonds. The SMILES string of the molecule is CC(C)C[C@H](c1c(F)cc(F)cc1F)N1CCNCC1. The van der Waals surface area contributed by atoms with Crippen molar-refractivity contribution in [2.45, 2.75) is 26.3 Å². The van der Waals surface area contributed by atoms with Gasteiger partial charge in [0.1, 0.15) is 17.5 Å². The summed E-state index contributed by atoms with van der Waals surface area (Å²) in [5.41, 5.74) is 0.00185. The lowest BCUT2D eigenvalue weighted by atomic mass is 9.94. The predicted molar refractivity (Wildman–Crippen MR) is 73.0 cm³/mol. The first-order chi connectivity index (χ1) is 9.49. The molecule has 1 saturated heterocycles. The molecule has 1 aromatic rings. The first kappa shape index (κ1) is 15.3. The highest BCUT2D eigenvalue weighted by atomic mass is 19.1. The van der Waals surface area contributed by atoms with Crippen LogP contribution in [0.3, 0.4) is 0 Å². The first-order valence-electron chi connectivity index (χ1n) is 7.08. The molecule has 1 aromatic carbocycles. The van der Waals surface area contributed by atoms with Crippen LogP contribution in [0.4, 0.5) is 13.2 Å². The van der Waals surface area contributed by atoms with E-state index in [1.54, 1.807) is 0 Å². The number of nitrogens with one attached hydrogen (secondary N) is 1. The molecule has 0 saturated carbocycles. The molecule has 1 aliphatic rings. The highest BCUT2D eigenvalue weighted by Crippen LogP contribution is 2.32. The molecule has 0 unspecified atom stereocenters. The fourth-order valence-corrected chi connectivity index (χ4v) is 2.76. The minimum Gasteiger partial charge on any atom is -0.314 e. The van der Waals surface area contributed by atoms with Crippen molar-refractivity contribution in [2.75, 3.05) is 26.2 Å². The molecular formula is C15H21F3N2. The van der Waals surface area contributed by atoms with Gasteiger partial charge in [0.2, 0.25) is 0 Å². The smallest absolute Gasteiger partial charge is 0.133 e. The lowest BCUT2D eigenvalue weighted by molar-refractivity contribution is 0.147. The zero-order chi connectivity index (χ0) is 14.7. The van der Waals surface area contributed by atoms with E-state index in [4.69, 9.17) is 0 Å². The number of hydrogen-bond donors (Lipinski definition) is 1. The van der Waals surface area contributed by atoms with E-state index >= 15 is 0 Å². The van der Waals surface area contributed by atoms with Gasteiger partial charge in [-0.05, 0) is 12.3 Å². The summed E-state index contributed by atoms with van der Waals surface area (Å²) < 4.78 is 41.2. The van der Waals surface area contributed by atoms with E-state index in [1.807, 2.05) is 13.8 Å². The van der Waals surface area contributed by atoms with Gasteiger partial charge in [-0.3, -0.25) is 4.90 Å². The zero-order valence-electron chi connectivity index (χ0n) is 11.9. The second-order valence-electron chi connectivity index (χ2n) is 5.71. The molecular weight excluding hydrogens is 265 g/mol. The van der Waals surface area contributed by atoms with Crippen molar-refractivity contribution >= 4 is 0 Å². The van der Waals surface area contributed by atoms with Gasteiger partial charge in [0, 0.05) is 49.9 Å². The Morgan fingerprint density at radius 1 is 1.10 bits per heavy atom. The summed E-state index contributed by atoms with van der Waals surface area (Å²) in [6.07, 6.45) is 0.652. The molecule has 0 aromatic heterocycles. The first-order valence-corrected chi connectivity index (χ1v) is 7.08. The average Bonchev–Trinajstić information content (AvgIpc) is 2.37. The normalized spacial score (nSPS) is 18.5. The van der Waals surface area contributed by atoms with Crippen LogP contribution in [0.25, 0.3) is 0 Å². The van der Waals surface area contributed by atoms with E-state index in [-0.39, 0.29) is 11.6 Å². The summed E-state index contributed by atoms with van der Waals surface area (Å²) in [7, 11) is 0. The molecule has 1 fully saturated rings. The van der Waals surface area contributed by atoms with Gasteiger partial charge < -0.3 is 5.32 Å². The molecule has 0 spiro atoms. The maximum Gasteiger partial charge on any atom is 0.133 e. The van der Waals surface area contributed by atoms with Crippen LogP contribution in [0, 0.1) is 23.4 Å². The number of hydrogen-bond acceptors (Lipinski definition) is 2. The van der Waals surface area contributed by atoms with Crippen LogP contribution < -0.4 is 5.32 Å². The summed E-state index contributed by atoms with van der Waals surface area (Å²) in [6.45, 7) is 7.14. The second-order valence-corrected chi connectivity index (χ2v) is 5.71. The summed E-state index contributed by atoms with van der Waals surface area (Å²) in [5, 5.41) is 3.22. The average molecular weight is 286 g/mol. The Morgan fingerprint density at radius 3 is 2.15 bits per heavy atom. The van der Waals surface area contributed by atoms with Gasteiger partial charge in [0.25, 0.3) is 0 Å². The topological polar surface area (TPSA) is 15.3 Å². The minimum absolute atomic E-state index is 0.00185. The van der Waals surface area contributed by atoms with Crippen LogP contribution >= 0.6 is 0 Å². The van der Waals surface area contributed by atoms with E-state index in [0.717, 1.165) is 38.3 Å². The number of piperazine rings is 1. The molecule has 0 aliphatic carbocycles. The van der Waals surface area contributed by atoms with Crippen LogP contribution in [0.1, 0.15) is 31.9 Å². The van der Waals surface area contributed by atoms with E-state index in [1.165, 1.54) is 0 Å². The van der Waals surface area contributed by atoms with Crippen molar-refractivity contribution in [1.29, 1.82) is 0 Å². The van der Waals surface area contributed by atoms with E-state index in [2.05, 4.69) is 10.2 Å². The van der Waals surface area contributed by atoms with Crippen molar-refractivity contribution in [3.8, 4) is 0 Å². The van der Waals surface area contributed by atoms with E-state index in [0.29, 0.717) is 12.3 Å². The third-order valence-corrected chi connectivity index (χ3v) is 3.66. The molecule has 112 valence electrons. The molecule has 1 aliphatic heterocycles. The van der Waals surface area contributed by atoms with Gasteiger partial charge in [-0.25, -0.2) is 13.2 Å². The molecule has 2 rings (SSSR count). The number of benzene rings is 1. The zero-order valence-corrected chi connectivity index (χ0v) is 11.9. The fourth-order valence-electron chi connectivity index (χ4n) is 2.76. The van der Waals surface area contributed by atoms with Crippen molar-refractivity contribution in [2.24, 2.45) is 5.92 Å². The Kier molecular flexibility index (Phi) is 5.05. The minimum atomic E-state index is -0.868. The highest BCUT2D eigenvalue weighted by molar-refractivity contribution is 5.24. The molecule has 0 radical (unpaired) electrons. The van der Waals surface area contributed by atoms with Gasteiger partial charge >= 0.3 is 0 Å². The Labute approximate surface area is 118 Å². The lowest BCUT2D eigenvalue weighted by Crippen LogP contribution is -2.45. The van der Waals surface area contributed by atoms with Gasteiger partial charge in [-0.1, -0.05) is 13.8 Å². The van der Waals surface area contributed by atoms with Crippen LogP contribution in [-0.2, 0) is 0 Å². The largest absolute Gasteiger partial charge is 0.314 e. The van der Waals surface area contributed by atoms with Gasteiger partial charge in [0.15, 0.2) is 0 Å². The van der Waals surface area contributed by atoms with Crippen LogP contribution in [0.5, 0.6) is 0 Å². The molecule has 5 heteroatoms. The molecule has 0 bridgehead atoms. The highest BCUT2D eigenvalue weighted by Gasteiger charge is 2.28. The van der Waals surface area contributed by atoms with Gasteiger partial charge in [0.05, 0.1) is 0 Å². The van der Waals surface area contributed by atoms with Crippen molar-refractivity contribution in [3.05, 3.63) is 35.1 Å².